The Bertz CT molecular complexity index is 529. The standard InChI is InChI=1S/C17H25N3O/c1-21-16-7-6-12(10-14(16)17(18)19)11-20-9-8-13-4-2-3-5-15(13)20/h6-7,10,13,15H,2-5,8-9,11H2,1H3,(H3,18,19). The molecule has 114 valence electrons. The highest BCUT2D eigenvalue weighted by Crippen LogP contribution is 2.37. The number of ether oxygens (including phenoxy) is 1. The van der Waals surface area contributed by atoms with Crippen LogP contribution in [0.15, 0.2) is 18.2 Å². The van der Waals surface area contributed by atoms with E-state index in [2.05, 4.69) is 11.0 Å². The topological polar surface area (TPSA) is 62.3 Å². The van der Waals surface area contributed by atoms with Crippen molar-refractivity contribution in [3.63, 3.8) is 0 Å². The molecule has 4 heteroatoms. The van der Waals surface area contributed by atoms with Crippen molar-refractivity contribution in [3.8, 4) is 5.75 Å². The Morgan fingerprint density at radius 3 is 2.90 bits per heavy atom. The lowest BCUT2D eigenvalue weighted by atomic mass is 9.85. The fourth-order valence-electron chi connectivity index (χ4n) is 4.00. The summed E-state index contributed by atoms with van der Waals surface area (Å²) >= 11 is 0. The van der Waals surface area contributed by atoms with Crippen LogP contribution >= 0.6 is 0 Å². The van der Waals surface area contributed by atoms with Gasteiger partial charge in [-0.25, -0.2) is 0 Å². The van der Waals surface area contributed by atoms with Crippen molar-refractivity contribution in [1.29, 1.82) is 5.41 Å². The number of hydrogen-bond acceptors (Lipinski definition) is 3. The van der Waals surface area contributed by atoms with E-state index >= 15 is 0 Å². The van der Waals surface area contributed by atoms with Crippen LogP contribution in [-0.4, -0.2) is 30.4 Å². The van der Waals surface area contributed by atoms with Crippen molar-refractivity contribution in [3.05, 3.63) is 29.3 Å². The summed E-state index contributed by atoms with van der Waals surface area (Å²) in [5.41, 5.74) is 7.60. The van der Waals surface area contributed by atoms with Crippen LogP contribution in [0.3, 0.4) is 0 Å². The maximum Gasteiger partial charge on any atom is 0.129 e. The first kappa shape index (κ1) is 14.4. The molecule has 2 fully saturated rings. The zero-order valence-corrected chi connectivity index (χ0v) is 12.8. The van der Waals surface area contributed by atoms with Crippen molar-refractivity contribution in [2.24, 2.45) is 11.7 Å². The number of fused-ring (bicyclic) bond motifs is 1. The van der Waals surface area contributed by atoms with Gasteiger partial charge in [0.1, 0.15) is 11.6 Å². The molecule has 3 rings (SSSR count). The van der Waals surface area contributed by atoms with Gasteiger partial charge in [-0.2, -0.15) is 0 Å². The molecule has 0 spiro atoms. The number of methoxy groups -OCH3 is 1. The Morgan fingerprint density at radius 2 is 2.14 bits per heavy atom. The number of nitrogens with two attached hydrogens (primary N) is 1. The zero-order chi connectivity index (χ0) is 14.8. The molecule has 2 unspecified atom stereocenters. The van der Waals surface area contributed by atoms with Gasteiger partial charge in [0.25, 0.3) is 0 Å². The Morgan fingerprint density at radius 1 is 1.33 bits per heavy atom. The van der Waals surface area contributed by atoms with Crippen LogP contribution in [0.5, 0.6) is 5.75 Å². The van der Waals surface area contributed by atoms with Gasteiger partial charge in [0.05, 0.1) is 12.7 Å². The molecule has 3 N–H and O–H groups in total. The minimum atomic E-state index is 0.0747. The van der Waals surface area contributed by atoms with E-state index < -0.39 is 0 Å². The summed E-state index contributed by atoms with van der Waals surface area (Å²) in [5, 5.41) is 7.69. The Hall–Kier alpha value is -1.55. The van der Waals surface area contributed by atoms with Crippen molar-refractivity contribution in [1.82, 2.24) is 4.90 Å². The summed E-state index contributed by atoms with van der Waals surface area (Å²) in [6.45, 7) is 2.17. The molecule has 1 saturated heterocycles. The van der Waals surface area contributed by atoms with E-state index in [0.717, 1.165) is 18.5 Å². The smallest absolute Gasteiger partial charge is 0.129 e. The van der Waals surface area contributed by atoms with Crippen molar-refractivity contribution in [2.45, 2.75) is 44.7 Å². The summed E-state index contributed by atoms with van der Waals surface area (Å²) in [7, 11) is 1.62. The van der Waals surface area contributed by atoms with Gasteiger partial charge in [0.15, 0.2) is 0 Å². The van der Waals surface area contributed by atoms with E-state index in [0.29, 0.717) is 11.3 Å². The number of likely N-dealkylation sites (tertiary alicyclic amines) is 1. The largest absolute Gasteiger partial charge is 0.496 e. The van der Waals surface area contributed by atoms with Crippen LogP contribution in [0.4, 0.5) is 0 Å². The normalized spacial score (nSPS) is 25.6. The van der Waals surface area contributed by atoms with Crippen LogP contribution in [0.2, 0.25) is 0 Å². The Balaban J connectivity index is 1.76. The molecule has 1 aromatic rings. The molecule has 1 heterocycles. The van der Waals surface area contributed by atoms with Crippen molar-refractivity contribution >= 4 is 5.84 Å². The zero-order valence-electron chi connectivity index (χ0n) is 12.8. The average Bonchev–Trinajstić information content (AvgIpc) is 2.90. The second-order valence-electron chi connectivity index (χ2n) is 6.32. The number of amidine groups is 1. The number of nitrogens with one attached hydrogen (secondary N) is 1. The Labute approximate surface area is 126 Å². The van der Waals surface area contributed by atoms with E-state index in [4.69, 9.17) is 15.9 Å². The van der Waals surface area contributed by atoms with Gasteiger partial charge in [-0.1, -0.05) is 18.9 Å². The van der Waals surface area contributed by atoms with Crippen LogP contribution in [0.1, 0.15) is 43.2 Å². The lowest BCUT2D eigenvalue weighted by Gasteiger charge is -2.31. The fourth-order valence-corrected chi connectivity index (χ4v) is 4.00. The number of rotatable bonds is 4. The summed E-state index contributed by atoms with van der Waals surface area (Å²) in [5.74, 6) is 1.66. The first-order valence-electron chi connectivity index (χ1n) is 7.94. The predicted octanol–water partition coefficient (Wildman–Crippen LogP) is 2.74. The predicted molar refractivity (Wildman–Crippen MR) is 84.8 cm³/mol. The van der Waals surface area contributed by atoms with Crippen LogP contribution in [-0.2, 0) is 6.54 Å². The minimum Gasteiger partial charge on any atom is -0.496 e. The van der Waals surface area contributed by atoms with E-state index in [-0.39, 0.29) is 5.84 Å². The molecular weight excluding hydrogens is 262 g/mol. The van der Waals surface area contributed by atoms with Gasteiger partial charge in [0, 0.05) is 12.6 Å². The number of nitrogens with zero attached hydrogens (tertiary/aromatic N) is 1. The van der Waals surface area contributed by atoms with Gasteiger partial charge in [-0.3, -0.25) is 10.3 Å². The SMILES string of the molecule is COc1ccc(CN2CCC3CCCCC32)cc1C(=N)N. The lowest BCUT2D eigenvalue weighted by Crippen LogP contribution is -2.34. The molecule has 0 bridgehead atoms. The van der Waals surface area contributed by atoms with E-state index in [1.165, 1.54) is 44.2 Å². The van der Waals surface area contributed by atoms with Gasteiger partial charge in [-0.15, -0.1) is 0 Å². The van der Waals surface area contributed by atoms with Crippen molar-refractivity contribution in [2.75, 3.05) is 13.7 Å². The van der Waals surface area contributed by atoms with Crippen LogP contribution in [0, 0.1) is 11.3 Å². The summed E-state index contributed by atoms with van der Waals surface area (Å²) in [4.78, 5) is 2.62. The van der Waals surface area contributed by atoms with E-state index in [1.807, 2.05) is 12.1 Å². The van der Waals surface area contributed by atoms with Gasteiger partial charge < -0.3 is 10.5 Å². The van der Waals surface area contributed by atoms with Crippen LogP contribution < -0.4 is 10.5 Å². The number of benzene rings is 1. The third kappa shape index (κ3) is 2.91. The molecule has 2 atom stereocenters. The Kier molecular flexibility index (Phi) is 4.15. The van der Waals surface area contributed by atoms with Gasteiger partial charge in [-0.05, 0) is 49.4 Å². The molecule has 2 aliphatic rings. The first-order valence-corrected chi connectivity index (χ1v) is 7.94. The minimum absolute atomic E-state index is 0.0747. The maximum absolute atomic E-state index is 7.69. The second kappa shape index (κ2) is 6.06. The van der Waals surface area contributed by atoms with E-state index in [1.54, 1.807) is 7.11 Å². The molecule has 0 amide bonds. The summed E-state index contributed by atoms with van der Waals surface area (Å²) in [6.07, 6.45) is 6.88. The van der Waals surface area contributed by atoms with Crippen LogP contribution in [0.25, 0.3) is 0 Å². The molecule has 4 nitrogen and oxygen atoms in total. The van der Waals surface area contributed by atoms with Gasteiger partial charge >= 0.3 is 0 Å². The quantitative estimate of drug-likeness (QED) is 0.661. The highest BCUT2D eigenvalue weighted by atomic mass is 16.5. The third-order valence-electron chi connectivity index (χ3n) is 5.06. The number of hydrogen-bond donors (Lipinski definition) is 2. The maximum atomic E-state index is 7.69. The first-order chi connectivity index (χ1) is 10.2. The molecular formula is C17H25N3O. The highest BCUT2D eigenvalue weighted by Gasteiger charge is 2.35. The highest BCUT2D eigenvalue weighted by molar-refractivity contribution is 5.97. The molecule has 0 aromatic heterocycles. The number of nitrogen functional groups attached to an aromatic ring is 1. The summed E-state index contributed by atoms with van der Waals surface area (Å²) in [6, 6.07) is 6.81. The molecule has 1 aliphatic heterocycles. The molecule has 1 saturated carbocycles. The lowest BCUT2D eigenvalue weighted by molar-refractivity contribution is 0.176. The third-order valence-corrected chi connectivity index (χ3v) is 5.06. The van der Waals surface area contributed by atoms with Crippen molar-refractivity contribution < 1.29 is 4.74 Å². The average molecular weight is 287 g/mol. The molecule has 21 heavy (non-hydrogen) atoms. The summed E-state index contributed by atoms with van der Waals surface area (Å²) < 4.78 is 5.28. The molecule has 1 aliphatic carbocycles. The molecule has 1 aromatic carbocycles. The second-order valence-corrected chi connectivity index (χ2v) is 6.32. The molecule has 0 radical (unpaired) electrons. The van der Waals surface area contributed by atoms with E-state index in [9.17, 15) is 0 Å². The van der Waals surface area contributed by atoms with Gasteiger partial charge in [0.2, 0.25) is 0 Å². The monoisotopic (exact) mass is 287 g/mol. The fraction of sp³-hybridized carbons (Fsp3) is 0.588.